The van der Waals surface area contributed by atoms with Crippen LogP contribution < -0.4 is 0 Å². The van der Waals surface area contributed by atoms with E-state index in [1.165, 1.54) is 9.98 Å². The Balaban J connectivity index is 2.67. The Kier molecular flexibility index (Phi) is 2.85. The van der Waals surface area contributed by atoms with Gasteiger partial charge in [0.2, 0.25) is 0 Å². The summed E-state index contributed by atoms with van der Waals surface area (Å²) in [7, 11) is 0. The van der Waals surface area contributed by atoms with Gasteiger partial charge in [0.1, 0.15) is 0 Å². The van der Waals surface area contributed by atoms with Gasteiger partial charge in [-0.15, -0.1) is 0 Å². The third-order valence-electron chi connectivity index (χ3n) is 1.30. The predicted octanol–water partition coefficient (Wildman–Crippen LogP) is 1.59. The van der Waals surface area contributed by atoms with E-state index in [4.69, 9.17) is 0 Å². The molecule has 0 aromatic heterocycles. The summed E-state index contributed by atoms with van der Waals surface area (Å²) in [6.07, 6.45) is 1.06. The Morgan fingerprint density at radius 3 is 2.40 bits per heavy atom. The first kappa shape index (κ1) is 7.71. The molecule has 0 nitrogen and oxygen atoms in total. The number of benzene rings is 1. The van der Waals surface area contributed by atoms with Gasteiger partial charge in [-0.3, -0.25) is 0 Å². The molecule has 1 aromatic carbocycles. The van der Waals surface area contributed by atoms with Crippen molar-refractivity contribution in [1.82, 2.24) is 0 Å². The molecule has 0 spiro atoms. The molecule has 0 aliphatic carbocycles. The number of hydrogen-bond donors (Lipinski definition) is 0. The van der Waals surface area contributed by atoms with E-state index in [-0.39, 0.29) is 0 Å². The maximum absolute atomic E-state index is 3.01. The minimum absolute atomic E-state index is 1.06. The van der Waals surface area contributed by atoms with E-state index in [0.29, 0.717) is 0 Å². The van der Waals surface area contributed by atoms with Crippen molar-refractivity contribution in [2.75, 3.05) is 0 Å². The summed E-state index contributed by atoms with van der Waals surface area (Å²) in [5, 5.41) is 0. The summed E-state index contributed by atoms with van der Waals surface area (Å²) in [6.45, 7) is 2.10. The molecule has 52 valence electrons. The summed E-state index contributed by atoms with van der Waals surface area (Å²) >= 11 is 3.01. The summed E-state index contributed by atoms with van der Waals surface area (Å²) in [6, 6.07) is 10.5. The van der Waals surface area contributed by atoms with E-state index >= 15 is 0 Å². The van der Waals surface area contributed by atoms with Crippen LogP contribution in [-0.4, -0.2) is 20.0 Å². The van der Waals surface area contributed by atoms with E-state index < -0.39 is 0 Å². The third kappa shape index (κ3) is 2.47. The van der Waals surface area contributed by atoms with Crippen molar-refractivity contribution in [1.29, 1.82) is 0 Å². The SMILES string of the molecule is CC(=[Se])Cc1ccccc1. The molecule has 0 aliphatic heterocycles. The average Bonchev–Trinajstić information content (AvgIpc) is 1.88. The van der Waals surface area contributed by atoms with Gasteiger partial charge >= 0.3 is 69.2 Å². The normalized spacial score (nSPS) is 9.30. The fourth-order valence-corrected chi connectivity index (χ4v) is 1.23. The maximum atomic E-state index is 3.01. The molecule has 0 radical (unpaired) electrons. The van der Waals surface area contributed by atoms with Crippen LogP contribution in [0, 0.1) is 0 Å². The van der Waals surface area contributed by atoms with Crippen molar-refractivity contribution in [2.45, 2.75) is 13.3 Å². The first-order valence-electron chi connectivity index (χ1n) is 3.32. The minimum atomic E-state index is 1.06. The molecule has 0 saturated carbocycles. The predicted molar refractivity (Wildman–Crippen MR) is 46.6 cm³/mol. The zero-order valence-electron chi connectivity index (χ0n) is 6.00. The van der Waals surface area contributed by atoms with Crippen molar-refractivity contribution in [2.24, 2.45) is 0 Å². The summed E-state index contributed by atoms with van der Waals surface area (Å²) in [5.74, 6) is 0. The molecular formula is C9H10Se. The van der Waals surface area contributed by atoms with Crippen molar-refractivity contribution in [3.8, 4) is 0 Å². The molecule has 10 heavy (non-hydrogen) atoms. The summed E-state index contributed by atoms with van der Waals surface area (Å²) in [5.41, 5.74) is 1.37. The number of rotatable bonds is 2. The molecule has 0 N–H and O–H groups in total. The summed E-state index contributed by atoms with van der Waals surface area (Å²) < 4.78 is 1.34. The van der Waals surface area contributed by atoms with E-state index in [0.717, 1.165) is 6.42 Å². The van der Waals surface area contributed by atoms with E-state index in [2.05, 4.69) is 46.8 Å². The van der Waals surface area contributed by atoms with Gasteiger partial charge < -0.3 is 0 Å². The Hall–Kier alpha value is -0.391. The van der Waals surface area contributed by atoms with Gasteiger partial charge in [-0.25, -0.2) is 0 Å². The molecule has 1 aromatic rings. The van der Waals surface area contributed by atoms with Crippen LogP contribution in [0.15, 0.2) is 30.3 Å². The van der Waals surface area contributed by atoms with Crippen LogP contribution in [0.3, 0.4) is 0 Å². The molecule has 0 atom stereocenters. The van der Waals surface area contributed by atoms with Crippen LogP contribution in [0.4, 0.5) is 0 Å². The topological polar surface area (TPSA) is 0 Å². The van der Waals surface area contributed by atoms with Gasteiger partial charge in [-0.05, 0) is 0 Å². The van der Waals surface area contributed by atoms with Crippen LogP contribution in [0.25, 0.3) is 0 Å². The van der Waals surface area contributed by atoms with Crippen LogP contribution in [0.1, 0.15) is 12.5 Å². The molecule has 1 rings (SSSR count). The molecule has 0 aliphatic rings. The van der Waals surface area contributed by atoms with Crippen molar-refractivity contribution in [3.05, 3.63) is 35.9 Å². The van der Waals surface area contributed by atoms with Gasteiger partial charge in [-0.1, -0.05) is 0 Å². The molecule has 1 heteroatoms. The number of hydrogen-bond acceptors (Lipinski definition) is 0. The Bertz CT molecular complexity index is 213. The second-order valence-corrected chi connectivity index (χ2v) is 3.83. The van der Waals surface area contributed by atoms with E-state index in [1.54, 1.807) is 0 Å². The molecular weight excluding hydrogens is 187 g/mol. The van der Waals surface area contributed by atoms with Gasteiger partial charge in [0, 0.05) is 0 Å². The molecule has 0 fully saturated rings. The van der Waals surface area contributed by atoms with Crippen LogP contribution >= 0.6 is 0 Å². The molecule has 0 bridgehead atoms. The first-order valence-corrected chi connectivity index (χ1v) is 4.18. The fourth-order valence-electron chi connectivity index (χ4n) is 0.883. The van der Waals surface area contributed by atoms with Gasteiger partial charge in [0.15, 0.2) is 0 Å². The Morgan fingerprint density at radius 2 is 1.90 bits per heavy atom. The van der Waals surface area contributed by atoms with Crippen molar-refractivity contribution >= 4 is 20.0 Å². The van der Waals surface area contributed by atoms with Crippen LogP contribution in [0.5, 0.6) is 0 Å². The second-order valence-electron chi connectivity index (χ2n) is 2.36. The monoisotopic (exact) mass is 198 g/mol. The van der Waals surface area contributed by atoms with Gasteiger partial charge in [0.25, 0.3) is 0 Å². The molecule has 0 saturated heterocycles. The average molecular weight is 197 g/mol. The second kappa shape index (κ2) is 3.70. The Morgan fingerprint density at radius 1 is 1.30 bits per heavy atom. The summed E-state index contributed by atoms with van der Waals surface area (Å²) in [4.78, 5) is 0. The first-order chi connectivity index (χ1) is 4.79. The zero-order valence-corrected chi connectivity index (χ0v) is 7.72. The fraction of sp³-hybridized carbons (Fsp3) is 0.222. The van der Waals surface area contributed by atoms with Gasteiger partial charge in [-0.2, -0.15) is 0 Å². The van der Waals surface area contributed by atoms with E-state index in [1.807, 2.05) is 6.07 Å². The quantitative estimate of drug-likeness (QED) is 0.631. The van der Waals surface area contributed by atoms with Crippen LogP contribution in [0.2, 0.25) is 0 Å². The zero-order chi connectivity index (χ0) is 7.40. The van der Waals surface area contributed by atoms with Crippen molar-refractivity contribution in [3.63, 3.8) is 0 Å². The van der Waals surface area contributed by atoms with E-state index in [9.17, 15) is 0 Å². The molecule has 0 amide bonds. The Labute approximate surface area is 69.6 Å². The standard InChI is InChI=1S/C9H10Se/c1-8(10)7-9-5-3-2-4-6-9/h2-6H,7H2,1H3. The van der Waals surface area contributed by atoms with Crippen molar-refractivity contribution < 1.29 is 0 Å². The molecule has 0 heterocycles. The van der Waals surface area contributed by atoms with Gasteiger partial charge in [0.05, 0.1) is 0 Å². The van der Waals surface area contributed by atoms with Crippen LogP contribution in [-0.2, 0) is 6.42 Å². The third-order valence-corrected chi connectivity index (χ3v) is 1.60. The molecule has 0 unspecified atom stereocenters.